The molecule has 3 rings (SSSR count). The second-order valence-corrected chi connectivity index (χ2v) is 6.33. The van der Waals surface area contributed by atoms with Crippen LogP contribution in [0.4, 0.5) is 0 Å². The Morgan fingerprint density at radius 1 is 1.55 bits per heavy atom. The first-order chi connectivity index (χ1) is 9.70. The van der Waals surface area contributed by atoms with Crippen LogP contribution in [-0.4, -0.2) is 41.9 Å². The molecule has 0 bridgehead atoms. The van der Waals surface area contributed by atoms with Crippen LogP contribution in [0.2, 0.25) is 0 Å². The van der Waals surface area contributed by atoms with Gasteiger partial charge in [0.25, 0.3) is 0 Å². The molecule has 1 N–H and O–H groups in total. The SMILES string of the molecule is CC(=O)OC[C@H]1[C][C][C@H]2N=C(NCCC3CC3)S[C@H]2O1. The van der Waals surface area contributed by atoms with Crippen LogP contribution in [0, 0.1) is 18.8 Å². The first-order valence-electron chi connectivity index (χ1n) is 6.99. The van der Waals surface area contributed by atoms with E-state index in [-0.39, 0.29) is 30.2 Å². The third kappa shape index (κ3) is 3.88. The average Bonchev–Trinajstić information content (AvgIpc) is 3.14. The minimum absolute atomic E-state index is 0.0831. The Bertz CT molecular complexity index is 398. The maximum atomic E-state index is 10.8. The highest BCUT2D eigenvalue weighted by Crippen LogP contribution is 2.35. The van der Waals surface area contributed by atoms with Gasteiger partial charge < -0.3 is 14.8 Å². The lowest BCUT2D eigenvalue weighted by Gasteiger charge is -2.28. The molecule has 0 amide bonds. The summed E-state index contributed by atoms with van der Waals surface area (Å²) >= 11 is 1.58. The standard InChI is InChI=1S/C14H18N2O3S/c1-9(17)18-8-11-4-5-12-13(19-11)20-14(16-12)15-7-6-10-2-3-10/h10-13H,2-3,6-8H2,1H3,(H,15,16)/t11-,12-,13-/m1/s1. The first kappa shape index (κ1) is 14.2. The summed E-state index contributed by atoms with van der Waals surface area (Å²) in [6.07, 6.45) is 9.66. The Kier molecular flexibility index (Phi) is 4.51. The van der Waals surface area contributed by atoms with Crippen molar-refractivity contribution in [3.05, 3.63) is 12.8 Å². The molecule has 2 fully saturated rings. The molecule has 1 saturated carbocycles. The Labute approximate surface area is 123 Å². The van der Waals surface area contributed by atoms with E-state index in [4.69, 9.17) is 9.47 Å². The molecule has 5 nitrogen and oxygen atoms in total. The molecule has 0 aromatic rings. The van der Waals surface area contributed by atoms with E-state index in [9.17, 15) is 4.79 Å². The largest absolute Gasteiger partial charge is 0.463 e. The van der Waals surface area contributed by atoms with Gasteiger partial charge in [-0.2, -0.15) is 0 Å². The zero-order valence-electron chi connectivity index (χ0n) is 11.4. The molecule has 0 aromatic heterocycles. The van der Waals surface area contributed by atoms with E-state index in [1.54, 1.807) is 11.8 Å². The number of rotatable bonds is 5. The van der Waals surface area contributed by atoms with Gasteiger partial charge in [-0.1, -0.05) is 24.6 Å². The topological polar surface area (TPSA) is 59.9 Å². The van der Waals surface area contributed by atoms with Crippen LogP contribution in [0.1, 0.15) is 26.2 Å². The quantitative estimate of drug-likeness (QED) is 0.775. The molecule has 0 aromatic carbocycles. The number of nitrogens with zero attached hydrogens (tertiary/aromatic N) is 1. The fourth-order valence-electron chi connectivity index (χ4n) is 2.12. The van der Waals surface area contributed by atoms with Gasteiger partial charge in [0.05, 0.1) is 6.04 Å². The normalized spacial score (nSPS) is 32.5. The van der Waals surface area contributed by atoms with Gasteiger partial charge >= 0.3 is 5.97 Å². The van der Waals surface area contributed by atoms with E-state index < -0.39 is 0 Å². The van der Waals surface area contributed by atoms with E-state index in [0.717, 1.165) is 17.6 Å². The number of carbonyl (C=O) groups is 1. The number of fused-ring (bicyclic) bond motifs is 1. The van der Waals surface area contributed by atoms with Crippen molar-refractivity contribution in [2.24, 2.45) is 10.9 Å². The van der Waals surface area contributed by atoms with E-state index in [1.807, 2.05) is 0 Å². The number of nitrogens with one attached hydrogen (secondary N) is 1. The molecule has 108 valence electrons. The molecular weight excluding hydrogens is 276 g/mol. The molecule has 20 heavy (non-hydrogen) atoms. The lowest BCUT2D eigenvalue weighted by Crippen LogP contribution is -2.37. The zero-order valence-corrected chi connectivity index (χ0v) is 12.2. The number of esters is 1. The van der Waals surface area contributed by atoms with Crippen LogP contribution in [0.25, 0.3) is 0 Å². The predicted molar refractivity (Wildman–Crippen MR) is 75.9 cm³/mol. The number of hydrogen-bond acceptors (Lipinski definition) is 6. The van der Waals surface area contributed by atoms with Crippen molar-refractivity contribution in [1.29, 1.82) is 0 Å². The van der Waals surface area contributed by atoms with Gasteiger partial charge in [0.15, 0.2) is 5.17 Å². The van der Waals surface area contributed by atoms with Crippen LogP contribution in [0.15, 0.2) is 4.99 Å². The smallest absolute Gasteiger partial charge is 0.302 e. The number of ether oxygens (including phenoxy) is 2. The lowest BCUT2D eigenvalue weighted by atomic mass is 10.1. The van der Waals surface area contributed by atoms with Crippen LogP contribution >= 0.6 is 11.8 Å². The monoisotopic (exact) mass is 294 g/mol. The van der Waals surface area contributed by atoms with E-state index in [1.165, 1.54) is 26.2 Å². The molecule has 6 heteroatoms. The first-order valence-corrected chi connectivity index (χ1v) is 7.87. The van der Waals surface area contributed by atoms with Gasteiger partial charge in [-0.3, -0.25) is 9.79 Å². The van der Waals surface area contributed by atoms with E-state index >= 15 is 0 Å². The number of hydrogen-bond donors (Lipinski definition) is 1. The van der Waals surface area contributed by atoms with Crippen molar-refractivity contribution < 1.29 is 14.3 Å². The second kappa shape index (κ2) is 6.35. The van der Waals surface area contributed by atoms with Gasteiger partial charge in [0, 0.05) is 26.3 Å². The predicted octanol–water partition coefficient (Wildman–Crippen LogP) is 1.30. The second-order valence-electron chi connectivity index (χ2n) is 5.24. The summed E-state index contributed by atoms with van der Waals surface area (Å²) in [5.41, 5.74) is -0.0831. The number of aliphatic imine (C=N–C) groups is 1. The van der Waals surface area contributed by atoms with Gasteiger partial charge in [-0.15, -0.1) is 0 Å². The molecule has 2 heterocycles. The summed E-state index contributed by atoms with van der Waals surface area (Å²) in [7, 11) is 0. The molecule has 4 radical (unpaired) electrons. The number of amidine groups is 1. The highest BCUT2D eigenvalue weighted by Gasteiger charge is 2.38. The Balaban J connectivity index is 1.40. The van der Waals surface area contributed by atoms with Crippen molar-refractivity contribution in [2.75, 3.05) is 13.2 Å². The molecule has 1 saturated heterocycles. The van der Waals surface area contributed by atoms with Crippen LogP contribution in [0.5, 0.6) is 0 Å². The number of carbonyl (C=O) groups excluding carboxylic acids is 1. The molecule has 1 aliphatic carbocycles. The van der Waals surface area contributed by atoms with Crippen molar-refractivity contribution in [1.82, 2.24) is 5.32 Å². The lowest BCUT2D eigenvalue weighted by molar-refractivity contribution is -0.145. The molecule has 2 aliphatic heterocycles. The van der Waals surface area contributed by atoms with Crippen molar-refractivity contribution in [2.45, 2.75) is 43.8 Å². The van der Waals surface area contributed by atoms with Gasteiger partial charge in [0.1, 0.15) is 18.1 Å². The Hall–Kier alpha value is -0.750. The molecule has 0 spiro atoms. The molecule has 0 unspecified atom stereocenters. The third-order valence-electron chi connectivity index (χ3n) is 3.40. The van der Waals surface area contributed by atoms with Crippen LogP contribution in [-0.2, 0) is 14.3 Å². The van der Waals surface area contributed by atoms with Gasteiger partial charge in [-0.05, 0) is 12.3 Å². The van der Waals surface area contributed by atoms with Crippen molar-refractivity contribution in [3.63, 3.8) is 0 Å². The fourth-order valence-corrected chi connectivity index (χ4v) is 3.15. The van der Waals surface area contributed by atoms with Crippen LogP contribution < -0.4 is 5.32 Å². The summed E-state index contributed by atoms with van der Waals surface area (Å²) < 4.78 is 10.7. The minimum atomic E-state index is -0.339. The minimum Gasteiger partial charge on any atom is -0.463 e. The average molecular weight is 294 g/mol. The van der Waals surface area contributed by atoms with Crippen molar-refractivity contribution in [3.8, 4) is 0 Å². The maximum Gasteiger partial charge on any atom is 0.302 e. The van der Waals surface area contributed by atoms with Crippen LogP contribution in [0.3, 0.4) is 0 Å². The number of thioether (sulfide) groups is 1. The molecule has 3 atom stereocenters. The van der Waals surface area contributed by atoms with E-state index in [2.05, 4.69) is 23.2 Å². The highest BCUT2D eigenvalue weighted by atomic mass is 32.2. The maximum absolute atomic E-state index is 10.8. The zero-order chi connectivity index (χ0) is 13.9. The molecular formula is C14H18N2O3S. The summed E-state index contributed by atoms with van der Waals surface area (Å²) in [5, 5.41) is 4.27. The summed E-state index contributed by atoms with van der Waals surface area (Å²) in [4.78, 5) is 15.3. The Morgan fingerprint density at radius 3 is 3.15 bits per heavy atom. The summed E-state index contributed by atoms with van der Waals surface area (Å²) in [5.74, 6) is 0.608. The van der Waals surface area contributed by atoms with Crippen molar-refractivity contribution >= 4 is 22.9 Å². The molecule has 3 aliphatic rings. The van der Waals surface area contributed by atoms with Gasteiger partial charge in [-0.25, -0.2) is 0 Å². The highest BCUT2D eigenvalue weighted by molar-refractivity contribution is 8.14. The van der Waals surface area contributed by atoms with Gasteiger partial charge in [0.2, 0.25) is 0 Å². The van der Waals surface area contributed by atoms with E-state index in [0.29, 0.717) is 0 Å². The third-order valence-corrected chi connectivity index (χ3v) is 4.47. The fraction of sp³-hybridized carbons (Fsp3) is 0.714. The summed E-state index contributed by atoms with van der Waals surface area (Å²) in [6.45, 7) is 2.55. The summed E-state index contributed by atoms with van der Waals surface area (Å²) in [6, 6.07) is -0.1000. The Morgan fingerprint density at radius 2 is 2.40 bits per heavy atom.